The van der Waals surface area contributed by atoms with Crippen LogP contribution < -0.4 is 5.32 Å². The van der Waals surface area contributed by atoms with Crippen molar-refractivity contribution in [3.05, 3.63) is 45.4 Å². The first kappa shape index (κ1) is 15.7. The highest BCUT2D eigenvalue weighted by Gasteiger charge is 2.10. The number of carbonyl (C=O) groups excluding carboxylic acids is 2. The minimum atomic E-state index is -0.354. The van der Waals surface area contributed by atoms with Crippen LogP contribution in [0.3, 0.4) is 0 Å². The van der Waals surface area contributed by atoms with Crippen LogP contribution in [-0.4, -0.2) is 24.0 Å². The summed E-state index contributed by atoms with van der Waals surface area (Å²) in [5.74, 6) is -0.501. The van der Waals surface area contributed by atoms with Gasteiger partial charge in [-0.1, -0.05) is 28.1 Å². The van der Waals surface area contributed by atoms with E-state index < -0.39 is 0 Å². The van der Waals surface area contributed by atoms with Crippen LogP contribution in [0.25, 0.3) is 0 Å². The summed E-state index contributed by atoms with van der Waals surface area (Å²) in [6.07, 6.45) is 0.375. The highest BCUT2D eigenvalue weighted by Crippen LogP contribution is 2.17. The summed E-state index contributed by atoms with van der Waals surface area (Å²) in [4.78, 5) is 27.2. The van der Waals surface area contributed by atoms with E-state index in [1.54, 1.807) is 5.38 Å². The Morgan fingerprint density at radius 1 is 1.38 bits per heavy atom. The van der Waals surface area contributed by atoms with E-state index in [0.29, 0.717) is 10.8 Å². The molecule has 110 valence electrons. The zero-order valence-electron chi connectivity index (χ0n) is 11.3. The van der Waals surface area contributed by atoms with Crippen molar-refractivity contribution in [1.82, 2.24) is 4.98 Å². The fraction of sp³-hybridized carbons (Fsp3) is 0.214. The Morgan fingerprint density at radius 3 is 2.90 bits per heavy atom. The Kier molecular flexibility index (Phi) is 5.46. The Bertz CT molecular complexity index is 657. The average Bonchev–Trinajstić information content (AvgIpc) is 2.85. The lowest BCUT2D eigenvalue weighted by Gasteiger charge is -2.02. The molecule has 0 radical (unpaired) electrons. The Balaban J connectivity index is 1.92. The number of hydrogen-bond donors (Lipinski definition) is 1. The fourth-order valence-corrected chi connectivity index (χ4v) is 2.83. The molecular formula is C14H13BrN2O3S. The van der Waals surface area contributed by atoms with Crippen molar-refractivity contribution in [2.75, 3.05) is 12.4 Å². The molecular weight excluding hydrogens is 356 g/mol. The molecule has 2 aromatic rings. The van der Waals surface area contributed by atoms with Gasteiger partial charge in [0.1, 0.15) is 0 Å². The number of nitrogens with zero attached hydrogens (tertiary/aromatic N) is 1. The second-order valence-corrected chi connectivity index (χ2v) is 6.03. The second-order valence-electron chi connectivity index (χ2n) is 4.25. The van der Waals surface area contributed by atoms with Crippen LogP contribution in [-0.2, 0) is 27.2 Å². The normalized spacial score (nSPS) is 10.2. The number of nitrogens with one attached hydrogen (secondary N) is 1. The van der Waals surface area contributed by atoms with Gasteiger partial charge in [0.15, 0.2) is 5.13 Å². The van der Waals surface area contributed by atoms with Crippen LogP contribution in [0.5, 0.6) is 0 Å². The quantitative estimate of drug-likeness (QED) is 0.823. The molecule has 0 fully saturated rings. The molecule has 0 aliphatic carbocycles. The smallest absolute Gasteiger partial charge is 0.311 e. The molecule has 0 bridgehead atoms. The van der Waals surface area contributed by atoms with Crippen molar-refractivity contribution in [2.24, 2.45) is 0 Å². The first-order chi connectivity index (χ1) is 10.1. The van der Waals surface area contributed by atoms with Gasteiger partial charge in [-0.15, -0.1) is 11.3 Å². The van der Waals surface area contributed by atoms with Crippen LogP contribution in [0.2, 0.25) is 0 Å². The summed E-state index contributed by atoms with van der Waals surface area (Å²) in [6, 6.07) is 7.56. The first-order valence-corrected chi connectivity index (χ1v) is 7.79. The minimum Gasteiger partial charge on any atom is -0.469 e. The predicted octanol–water partition coefficient (Wildman–Crippen LogP) is 2.80. The average molecular weight is 369 g/mol. The largest absolute Gasteiger partial charge is 0.469 e. The zero-order chi connectivity index (χ0) is 15.2. The zero-order valence-corrected chi connectivity index (χ0v) is 13.7. The van der Waals surface area contributed by atoms with Gasteiger partial charge in [0.2, 0.25) is 5.91 Å². The van der Waals surface area contributed by atoms with Gasteiger partial charge in [-0.2, -0.15) is 0 Å². The monoisotopic (exact) mass is 368 g/mol. The molecule has 7 heteroatoms. The third-order valence-corrected chi connectivity index (χ3v) is 3.90. The molecule has 2 rings (SSSR count). The van der Waals surface area contributed by atoms with E-state index in [9.17, 15) is 9.59 Å². The summed E-state index contributed by atoms with van der Waals surface area (Å²) in [7, 11) is 1.33. The van der Waals surface area contributed by atoms with Crippen LogP contribution in [0.15, 0.2) is 34.1 Å². The van der Waals surface area contributed by atoms with E-state index >= 15 is 0 Å². The molecule has 0 spiro atoms. The number of anilines is 1. The van der Waals surface area contributed by atoms with E-state index in [2.05, 4.69) is 31.0 Å². The van der Waals surface area contributed by atoms with Gasteiger partial charge in [0, 0.05) is 9.85 Å². The number of benzene rings is 1. The third kappa shape index (κ3) is 4.95. The maximum Gasteiger partial charge on any atom is 0.311 e. The van der Waals surface area contributed by atoms with Crippen molar-refractivity contribution in [3.8, 4) is 0 Å². The maximum absolute atomic E-state index is 11.9. The number of halogens is 1. The third-order valence-electron chi connectivity index (χ3n) is 2.60. The Hall–Kier alpha value is -1.73. The lowest BCUT2D eigenvalue weighted by molar-refractivity contribution is -0.139. The van der Waals surface area contributed by atoms with Gasteiger partial charge in [0.05, 0.1) is 25.6 Å². The van der Waals surface area contributed by atoms with Crippen LogP contribution in [0.4, 0.5) is 5.13 Å². The molecule has 0 atom stereocenters. The lowest BCUT2D eigenvalue weighted by Crippen LogP contribution is -2.14. The number of amides is 1. The highest BCUT2D eigenvalue weighted by molar-refractivity contribution is 9.10. The Morgan fingerprint density at radius 2 is 2.19 bits per heavy atom. The topological polar surface area (TPSA) is 68.3 Å². The molecule has 1 aromatic heterocycles. The standard InChI is InChI=1S/C14H13BrN2O3S/c1-20-13(19)7-11-8-21-14(16-11)17-12(18)6-9-3-2-4-10(15)5-9/h2-5,8H,6-7H2,1H3,(H,16,17,18). The number of aromatic nitrogens is 1. The predicted molar refractivity (Wildman–Crippen MR) is 84.3 cm³/mol. The molecule has 0 saturated heterocycles. The van der Waals surface area contributed by atoms with E-state index in [0.717, 1.165) is 10.0 Å². The molecule has 5 nitrogen and oxygen atoms in total. The van der Waals surface area contributed by atoms with Crippen molar-refractivity contribution < 1.29 is 14.3 Å². The molecule has 1 aromatic carbocycles. The summed E-state index contributed by atoms with van der Waals surface area (Å²) >= 11 is 4.65. The SMILES string of the molecule is COC(=O)Cc1csc(NC(=O)Cc2cccc(Br)c2)n1. The number of thiazole rings is 1. The molecule has 1 N–H and O–H groups in total. The van der Waals surface area contributed by atoms with Crippen LogP contribution in [0.1, 0.15) is 11.3 Å². The first-order valence-electron chi connectivity index (χ1n) is 6.12. The van der Waals surface area contributed by atoms with Crippen molar-refractivity contribution in [2.45, 2.75) is 12.8 Å². The van der Waals surface area contributed by atoms with E-state index in [1.807, 2.05) is 24.3 Å². The molecule has 0 aliphatic heterocycles. The molecule has 0 saturated carbocycles. The van der Waals surface area contributed by atoms with E-state index in [1.165, 1.54) is 18.4 Å². The number of carbonyl (C=O) groups is 2. The summed E-state index contributed by atoms with van der Waals surface area (Å²) < 4.78 is 5.50. The minimum absolute atomic E-state index is 0.106. The molecule has 21 heavy (non-hydrogen) atoms. The molecule has 0 aliphatic rings. The van der Waals surface area contributed by atoms with Crippen LogP contribution >= 0.6 is 27.3 Å². The Labute approximate surface area is 134 Å². The lowest BCUT2D eigenvalue weighted by atomic mass is 10.1. The van der Waals surface area contributed by atoms with Gasteiger partial charge in [-0.05, 0) is 17.7 Å². The number of hydrogen-bond acceptors (Lipinski definition) is 5. The number of rotatable bonds is 5. The van der Waals surface area contributed by atoms with Crippen LogP contribution in [0, 0.1) is 0 Å². The fourth-order valence-electron chi connectivity index (χ4n) is 1.66. The molecule has 1 amide bonds. The summed E-state index contributed by atoms with van der Waals surface area (Å²) in [6.45, 7) is 0. The maximum atomic E-state index is 11.9. The van der Waals surface area contributed by atoms with Gasteiger partial charge in [-0.25, -0.2) is 4.98 Å². The van der Waals surface area contributed by atoms with Crippen molar-refractivity contribution >= 4 is 44.3 Å². The summed E-state index contributed by atoms with van der Waals surface area (Å²) in [5, 5.41) is 4.93. The van der Waals surface area contributed by atoms with Gasteiger partial charge >= 0.3 is 5.97 Å². The van der Waals surface area contributed by atoms with Gasteiger partial charge in [-0.3, -0.25) is 9.59 Å². The van der Waals surface area contributed by atoms with E-state index in [-0.39, 0.29) is 24.7 Å². The highest BCUT2D eigenvalue weighted by atomic mass is 79.9. The number of ether oxygens (including phenoxy) is 1. The number of methoxy groups -OCH3 is 1. The number of esters is 1. The van der Waals surface area contributed by atoms with Crippen molar-refractivity contribution in [1.29, 1.82) is 0 Å². The van der Waals surface area contributed by atoms with Crippen molar-refractivity contribution in [3.63, 3.8) is 0 Å². The molecule has 0 unspecified atom stereocenters. The van der Waals surface area contributed by atoms with E-state index in [4.69, 9.17) is 0 Å². The van der Waals surface area contributed by atoms with Gasteiger partial charge in [0.25, 0.3) is 0 Å². The molecule has 1 heterocycles. The van der Waals surface area contributed by atoms with Gasteiger partial charge < -0.3 is 10.1 Å². The second kappa shape index (κ2) is 7.33. The summed E-state index contributed by atoms with van der Waals surface area (Å²) in [5.41, 5.74) is 1.50.